The molecule has 0 bridgehead atoms. The van der Waals surface area contributed by atoms with Crippen LogP contribution in [0.25, 0.3) is 0 Å². The van der Waals surface area contributed by atoms with Crippen molar-refractivity contribution in [2.24, 2.45) is 7.05 Å². The Bertz CT molecular complexity index is 579. The van der Waals surface area contributed by atoms with Crippen LogP contribution in [0.4, 0.5) is 0 Å². The first-order chi connectivity index (χ1) is 9.04. The van der Waals surface area contributed by atoms with Gasteiger partial charge in [0.1, 0.15) is 5.69 Å². The summed E-state index contributed by atoms with van der Waals surface area (Å²) in [4.78, 5) is 0. The fraction of sp³-hybridized carbons (Fsp3) is 0.818. The van der Waals surface area contributed by atoms with Crippen LogP contribution in [0.3, 0.4) is 0 Å². The van der Waals surface area contributed by atoms with E-state index < -0.39 is 10.0 Å². The minimum Gasteiger partial charge on any atom is -0.384 e. The molecule has 8 heteroatoms. The van der Waals surface area contributed by atoms with E-state index in [0.29, 0.717) is 19.7 Å². The lowest BCUT2D eigenvalue weighted by atomic mass is 10.0. The number of ether oxygens (including phenoxy) is 1. The van der Waals surface area contributed by atoms with Crippen LogP contribution in [0.2, 0.25) is 0 Å². The van der Waals surface area contributed by atoms with Crippen LogP contribution in [-0.4, -0.2) is 53.2 Å². The quantitative estimate of drug-likeness (QED) is 0.769. The van der Waals surface area contributed by atoms with Crippen molar-refractivity contribution in [3.8, 4) is 0 Å². The maximum absolute atomic E-state index is 12.3. The maximum Gasteiger partial charge on any atom is 0.217 e. The first kappa shape index (κ1) is 13.0. The largest absolute Gasteiger partial charge is 0.384 e. The molecular weight excluding hydrogens is 268 g/mol. The van der Waals surface area contributed by atoms with Gasteiger partial charge in [0, 0.05) is 26.6 Å². The van der Waals surface area contributed by atoms with E-state index >= 15 is 0 Å². The van der Waals surface area contributed by atoms with Crippen molar-refractivity contribution in [3.05, 3.63) is 11.4 Å². The van der Waals surface area contributed by atoms with Crippen molar-refractivity contribution in [1.82, 2.24) is 19.3 Å². The van der Waals surface area contributed by atoms with Crippen LogP contribution in [0.15, 0.2) is 0 Å². The summed E-state index contributed by atoms with van der Waals surface area (Å²) in [6, 6.07) is 0. The van der Waals surface area contributed by atoms with E-state index in [0.717, 1.165) is 24.2 Å². The van der Waals surface area contributed by atoms with Crippen molar-refractivity contribution >= 4 is 10.0 Å². The molecule has 19 heavy (non-hydrogen) atoms. The van der Waals surface area contributed by atoms with E-state index in [-0.39, 0.29) is 11.2 Å². The topological polar surface area (TPSA) is 77.3 Å². The van der Waals surface area contributed by atoms with Gasteiger partial charge in [-0.25, -0.2) is 8.42 Å². The number of sulfonamides is 1. The molecule has 1 fully saturated rings. The van der Waals surface area contributed by atoms with Gasteiger partial charge in [0.2, 0.25) is 10.0 Å². The normalized spacial score (nSPS) is 24.4. The lowest BCUT2D eigenvalue weighted by molar-refractivity contribution is 0.159. The number of aromatic nitrogens is 3. The number of hydrogen-bond acceptors (Lipinski definition) is 5. The van der Waals surface area contributed by atoms with Crippen LogP contribution in [0.1, 0.15) is 30.1 Å². The standard InChI is InChI=1S/C11H18N4O3S/c1-14-11-8(7-18-2)5-15(6-10(11)12-13-14)19(16,17)9-3-4-9/h8-9H,3-7H2,1-2H3/t8-/m0/s1. The molecule has 0 N–H and O–H groups in total. The van der Waals surface area contributed by atoms with Crippen molar-refractivity contribution in [3.63, 3.8) is 0 Å². The molecule has 106 valence electrons. The molecule has 1 aromatic rings. The van der Waals surface area contributed by atoms with E-state index in [2.05, 4.69) is 10.3 Å². The minimum absolute atomic E-state index is 0.00211. The number of nitrogens with zero attached hydrogens (tertiary/aromatic N) is 4. The highest BCUT2D eigenvalue weighted by Gasteiger charge is 2.43. The van der Waals surface area contributed by atoms with Crippen LogP contribution in [0, 0.1) is 0 Å². The Morgan fingerprint density at radius 1 is 1.42 bits per heavy atom. The van der Waals surface area contributed by atoms with Crippen LogP contribution in [0.5, 0.6) is 0 Å². The van der Waals surface area contributed by atoms with Gasteiger partial charge in [-0.2, -0.15) is 4.31 Å². The number of methoxy groups -OCH3 is 1. The van der Waals surface area contributed by atoms with Crippen molar-refractivity contribution < 1.29 is 13.2 Å². The smallest absolute Gasteiger partial charge is 0.217 e. The van der Waals surface area contributed by atoms with E-state index in [1.165, 1.54) is 0 Å². The van der Waals surface area contributed by atoms with Gasteiger partial charge in [0.05, 0.1) is 24.1 Å². The molecule has 1 saturated carbocycles. The molecule has 2 heterocycles. The molecule has 1 aromatic heterocycles. The van der Waals surface area contributed by atoms with Crippen molar-refractivity contribution in [2.75, 3.05) is 20.3 Å². The summed E-state index contributed by atoms with van der Waals surface area (Å²) in [7, 11) is 0.283. The Morgan fingerprint density at radius 3 is 2.79 bits per heavy atom. The SMILES string of the molecule is COC[C@@H]1CN(S(=O)(=O)C2CC2)Cc2nnn(C)c21. The maximum atomic E-state index is 12.3. The first-order valence-electron chi connectivity index (χ1n) is 6.40. The second-order valence-corrected chi connectivity index (χ2v) is 7.45. The molecule has 0 unspecified atom stereocenters. The molecule has 0 amide bonds. The third kappa shape index (κ3) is 2.17. The number of rotatable bonds is 4. The third-order valence-corrected chi connectivity index (χ3v) is 6.07. The predicted molar refractivity (Wildman–Crippen MR) is 68.0 cm³/mol. The Balaban J connectivity index is 1.92. The van der Waals surface area contributed by atoms with Crippen LogP contribution in [-0.2, 0) is 28.4 Å². The highest BCUT2D eigenvalue weighted by molar-refractivity contribution is 7.90. The fourth-order valence-electron chi connectivity index (χ4n) is 2.69. The summed E-state index contributed by atoms with van der Waals surface area (Å²) in [6.45, 7) is 1.27. The molecule has 3 rings (SSSR count). The molecule has 0 spiro atoms. The summed E-state index contributed by atoms with van der Waals surface area (Å²) in [5.74, 6) is 0.00211. The first-order valence-corrected chi connectivity index (χ1v) is 7.90. The lowest BCUT2D eigenvalue weighted by Gasteiger charge is -2.31. The molecular formula is C11H18N4O3S. The third-order valence-electron chi connectivity index (χ3n) is 3.75. The average molecular weight is 286 g/mol. The Labute approximate surface area is 112 Å². The number of fused-ring (bicyclic) bond motifs is 1. The van der Waals surface area contributed by atoms with Crippen LogP contribution < -0.4 is 0 Å². The van der Waals surface area contributed by atoms with Crippen LogP contribution >= 0.6 is 0 Å². The van der Waals surface area contributed by atoms with E-state index in [1.807, 2.05) is 7.05 Å². The van der Waals surface area contributed by atoms with Crippen molar-refractivity contribution in [2.45, 2.75) is 30.6 Å². The van der Waals surface area contributed by atoms with Gasteiger partial charge in [-0.3, -0.25) is 4.68 Å². The van der Waals surface area contributed by atoms with E-state index in [9.17, 15) is 8.42 Å². The van der Waals surface area contributed by atoms with Crippen molar-refractivity contribution in [1.29, 1.82) is 0 Å². The zero-order valence-corrected chi connectivity index (χ0v) is 11.9. The van der Waals surface area contributed by atoms with E-state index in [4.69, 9.17) is 4.74 Å². The van der Waals surface area contributed by atoms with Gasteiger partial charge in [-0.1, -0.05) is 5.21 Å². The fourth-order valence-corrected chi connectivity index (χ4v) is 4.53. The monoisotopic (exact) mass is 286 g/mol. The van der Waals surface area contributed by atoms with E-state index in [1.54, 1.807) is 16.1 Å². The molecule has 7 nitrogen and oxygen atoms in total. The second-order valence-electron chi connectivity index (χ2n) is 5.23. The second kappa shape index (κ2) is 4.53. The number of hydrogen-bond donors (Lipinski definition) is 0. The van der Waals surface area contributed by atoms with Gasteiger partial charge < -0.3 is 4.74 Å². The molecule has 0 radical (unpaired) electrons. The highest BCUT2D eigenvalue weighted by atomic mass is 32.2. The summed E-state index contributed by atoms with van der Waals surface area (Å²) < 4.78 is 33.2. The zero-order valence-electron chi connectivity index (χ0n) is 11.1. The molecule has 1 atom stereocenters. The average Bonchev–Trinajstić information content (AvgIpc) is 3.15. The Hall–Kier alpha value is -0.990. The lowest BCUT2D eigenvalue weighted by Crippen LogP contribution is -2.41. The Morgan fingerprint density at radius 2 is 2.16 bits per heavy atom. The summed E-state index contributed by atoms with van der Waals surface area (Å²) >= 11 is 0. The zero-order chi connectivity index (χ0) is 13.6. The summed E-state index contributed by atoms with van der Waals surface area (Å²) in [5, 5.41) is 7.89. The van der Waals surface area contributed by atoms with Gasteiger partial charge in [0.25, 0.3) is 0 Å². The minimum atomic E-state index is -3.17. The summed E-state index contributed by atoms with van der Waals surface area (Å²) in [5.41, 5.74) is 1.74. The molecule has 2 aliphatic rings. The number of aryl methyl sites for hydroxylation is 1. The molecule has 0 saturated heterocycles. The molecule has 0 aromatic carbocycles. The van der Waals surface area contributed by atoms with Gasteiger partial charge in [-0.05, 0) is 12.8 Å². The Kier molecular flexibility index (Phi) is 3.11. The predicted octanol–water partition coefficient (Wildman–Crippen LogP) is -0.147. The summed E-state index contributed by atoms with van der Waals surface area (Å²) in [6.07, 6.45) is 1.56. The molecule has 1 aliphatic carbocycles. The molecule has 1 aliphatic heterocycles. The van der Waals surface area contributed by atoms with Gasteiger partial charge in [-0.15, -0.1) is 5.10 Å². The highest BCUT2D eigenvalue weighted by Crippen LogP contribution is 2.35. The van der Waals surface area contributed by atoms with Gasteiger partial charge >= 0.3 is 0 Å². The van der Waals surface area contributed by atoms with Gasteiger partial charge in [0.15, 0.2) is 0 Å².